The molecule has 0 atom stereocenters. The Hall–Kier alpha value is -2.25. The van der Waals surface area contributed by atoms with Crippen LogP contribution >= 0.6 is 0 Å². The smallest absolute Gasteiger partial charge is 0.336 e. The van der Waals surface area contributed by atoms with Crippen molar-refractivity contribution >= 4 is 11.0 Å². The normalized spacial score (nSPS) is 10.2. The van der Waals surface area contributed by atoms with Gasteiger partial charge < -0.3 is 14.5 Å². The standard InChI is InChI=1S/C14H13NO3/c1-2-7-15-8-9-17-12-5-3-11-4-6-14(16)18-13(11)10-12/h1,3-6,10,15H,7-9H2. The fourth-order valence-electron chi connectivity index (χ4n) is 1.53. The topological polar surface area (TPSA) is 51.5 Å². The van der Waals surface area contributed by atoms with Crippen LogP contribution in [0.2, 0.25) is 0 Å². The van der Waals surface area contributed by atoms with Gasteiger partial charge in [0.05, 0.1) is 6.54 Å². The number of benzene rings is 1. The molecular formula is C14H13NO3. The molecule has 4 heteroatoms. The first-order valence-corrected chi connectivity index (χ1v) is 5.60. The van der Waals surface area contributed by atoms with Crippen molar-refractivity contribution in [3.8, 4) is 18.1 Å². The van der Waals surface area contributed by atoms with Crippen molar-refractivity contribution in [3.63, 3.8) is 0 Å². The molecule has 0 aliphatic rings. The fraction of sp³-hybridized carbons (Fsp3) is 0.214. The molecule has 0 aliphatic carbocycles. The third kappa shape index (κ3) is 3.12. The molecule has 4 nitrogen and oxygen atoms in total. The zero-order valence-corrected chi connectivity index (χ0v) is 9.81. The number of hydrogen-bond donors (Lipinski definition) is 1. The number of fused-ring (bicyclic) bond motifs is 1. The Labute approximate surface area is 105 Å². The van der Waals surface area contributed by atoms with E-state index in [0.717, 1.165) is 5.39 Å². The molecule has 0 fully saturated rings. The number of terminal acetylenes is 1. The Balaban J connectivity index is 2.01. The molecule has 0 saturated heterocycles. The molecule has 0 saturated carbocycles. The van der Waals surface area contributed by atoms with Crippen molar-refractivity contribution in [2.45, 2.75) is 0 Å². The van der Waals surface area contributed by atoms with E-state index < -0.39 is 0 Å². The molecule has 92 valence electrons. The van der Waals surface area contributed by atoms with Crippen LogP contribution < -0.4 is 15.7 Å². The minimum Gasteiger partial charge on any atom is -0.492 e. The van der Waals surface area contributed by atoms with E-state index in [0.29, 0.717) is 31.0 Å². The van der Waals surface area contributed by atoms with E-state index >= 15 is 0 Å². The maximum absolute atomic E-state index is 11.1. The first-order valence-electron chi connectivity index (χ1n) is 5.60. The van der Waals surface area contributed by atoms with Gasteiger partial charge in [-0.3, -0.25) is 0 Å². The maximum Gasteiger partial charge on any atom is 0.336 e. The molecule has 0 unspecified atom stereocenters. The van der Waals surface area contributed by atoms with Gasteiger partial charge in [0.1, 0.15) is 17.9 Å². The average molecular weight is 243 g/mol. The molecule has 2 rings (SSSR count). The third-order valence-corrected chi connectivity index (χ3v) is 2.37. The summed E-state index contributed by atoms with van der Waals surface area (Å²) in [5, 5.41) is 3.89. The van der Waals surface area contributed by atoms with Crippen molar-refractivity contribution in [1.29, 1.82) is 0 Å². The molecule has 0 bridgehead atoms. The molecule has 1 N–H and O–H groups in total. The van der Waals surface area contributed by atoms with Crippen molar-refractivity contribution in [2.24, 2.45) is 0 Å². The number of nitrogens with one attached hydrogen (secondary N) is 1. The Morgan fingerprint density at radius 3 is 3.00 bits per heavy atom. The second-order valence-corrected chi connectivity index (χ2v) is 3.68. The van der Waals surface area contributed by atoms with Crippen molar-refractivity contribution in [3.05, 3.63) is 40.8 Å². The molecule has 0 spiro atoms. The zero-order valence-electron chi connectivity index (χ0n) is 9.81. The third-order valence-electron chi connectivity index (χ3n) is 2.37. The molecule has 0 aliphatic heterocycles. The highest BCUT2D eigenvalue weighted by atomic mass is 16.5. The van der Waals surface area contributed by atoms with E-state index in [1.54, 1.807) is 12.1 Å². The van der Waals surface area contributed by atoms with Crippen molar-refractivity contribution in [1.82, 2.24) is 5.32 Å². The SMILES string of the molecule is C#CCNCCOc1ccc2ccc(=O)oc2c1. The van der Waals surface area contributed by atoms with E-state index in [1.807, 2.05) is 12.1 Å². The van der Waals surface area contributed by atoms with Gasteiger partial charge in [-0.1, -0.05) is 5.92 Å². The van der Waals surface area contributed by atoms with Gasteiger partial charge in [0.15, 0.2) is 0 Å². The van der Waals surface area contributed by atoms with Gasteiger partial charge in [0.2, 0.25) is 0 Å². The van der Waals surface area contributed by atoms with E-state index in [9.17, 15) is 4.79 Å². The second-order valence-electron chi connectivity index (χ2n) is 3.68. The average Bonchev–Trinajstić information content (AvgIpc) is 2.38. The van der Waals surface area contributed by atoms with Gasteiger partial charge in [-0.15, -0.1) is 6.42 Å². The van der Waals surface area contributed by atoms with Crippen LogP contribution in [0.5, 0.6) is 5.75 Å². The van der Waals surface area contributed by atoms with E-state index in [1.165, 1.54) is 6.07 Å². The predicted molar refractivity (Wildman–Crippen MR) is 69.7 cm³/mol. The molecule has 1 aromatic heterocycles. The molecule has 18 heavy (non-hydrogen) atoms. The largest absolute Gasteiger partial charge is 0.492 e. The Morgan fingerprint density at radius 1 is 1.33 bits per heavy atom. The molecular weight excluding hydrogens is 230 g/mol. The lowest BCUT2D eigenvalue weighted by Crippen LogP contribution is -2.21. The van der Waals surface area contributed by atoms with Gasteiger partial charge >= 0.3 is 5.63 Å². The summed E-state index contributed by atoms with van der Waals surface area (Å²) in [5.74, 6) is 3.15. The molecule has 2 aromatic rings. The molecule has 0 radical (unpaired) electrons. The summed E-state index contributed by atoms with van der Waals surface area (Å²) in [6.07, 6.45) is 5.10. The van der Waals surface area contributed by atoms with Gasteiger partial charge in [0.25, 0.3) is 0 Å². The van der Waals surface area contributed by atoms with Crippen LogP contribution in [-0.2, 0) is 0 Å². The molecule has 1 aromatic carbocycles. The van der Waals surface area contributed by atoms with Gasteiger partial charge in [-0.2, -0.15) is 0 Å². The second kappa shape index (κ2) is 5.89. The Morgan fingerprint density at radius 2 is 2.17 bits per heavy atom. The summed E-state index contributed by atoms with van der Waals surface area (Å²) in [5.41, 5.74) is 0.159. The number of hydrogen-bond acceptors (Lipinski definition) is 4. The van der Waals surface area contributed by atoms with Crippen LogP contribution in [-0.4, -0.2) is 19.7 Å². The zero-order chi connectivity index (χ0) is 12.8. The first kappa shape index (κ1) is 12.2. The fourth-order valence-corrected chi connectivity index (χ4v) is 1.53. The number of ether oxygens (including phenoxy) is 1. The Bertz CT molecular complexity index is 625. The quantitative estimate of drug-likeness (QED) is 0.490. The van der Waals surface area contributed by atoms with Crippen LogP contribution in [0.1, 0.15) is 0 Å². The highest BCUT2D eigenvalue weighted by molar-refractivity contribution is 5.77. The lowest BCUT2D eigenvalue weighted by atomic mass is 10.2. The van der Waals surface area contributed by atoms with Crippen LogP contribution in [0.15, 0.2) is 39.5 Å². The molecule has 0 amide bonds. The lowest BCUT2D eigenvalue weighted by molar-refractivity contribution is 0.316. The summed E-state index contributed by atoms with van der Waals surface area (Å²) in [6.45, 7) is 1.70. The van der Waals surface area contributed by atoms with Crippen LogP contribution in [0.25, 0.3) is 11.0 Å². The van der Waals surface area contributed by atoms with Crippen molar-refractivity contribution < 1.29 is 9.15 Å². The number of rotatable bonds is 5. The Kier molecular flexibility index (Phi) is 4.00. The highest BCUT2D eigenvalue weighted by Crippen LogP contribution is 2.19. The van der Waals surface area contributed by atoms with Crippen molar-refractivity contribution in [2.75, 3.05) is 19.7 Å². The lowest BCUT2D eigenvalue weighted by Gasteiger charge is -2.06. The van der Waals surface area contributed by atoms with Gasteiger partial charge in [-0.25, -0.2) is 4.79 Å². The summed E-state index contributed by atoms with van der Waals surface area (Å²) < 4.78 is 10.6. The highest BCUT2D eigenvalue weighted by Gasteiger charge is 2.00. The van der Waals surface area contributed by atoms with E-state index in [4.69, 9.17) is 15.6 Å². The van der Waals surface area contributed by atoms with E-state index in [-0.39, 0.29) is 5.63 Å². The van der Waals surface area contributed by atoms with Gasteiger partial charge in [0, 0.05) is 24.1 Å². The monoisotopic (exact) mass is 243 g/mol. The van der Waals surface area contributed by atoms with E-state index in [2.05, 4.69) is 11.2 Å². The summed E-state index contributed by atoms with van der Waals surface area (Å²) >= 11 is 0. The minimum absolute atomic E-state index is 0.365. The van der Waals surface area contributed by atoms with Crippen LogP contribution in [0, 0.1) is 12.3 Å². The van der Waals surface area contributed by atoms with Crippen LogP contribution in [0.3, 0.4) is 0 Å². The summed E-state index contributed by atoms with van der Waals surface area (Å²) in [4.78, 5) is 11.1. The first-order chi connectivity index (χ1) is 8.79. The minimum atomic E-state index is -0.365. The molecule has 1 heterocycles. The van der Waals surface area contributed by atoms with Crippen LogP contribution in [0.4, 0.5) is 0 Å². The predicted octanol–water partition coefficient (Wildman–Crippen LogP) is 1.39. The summed E-state index contributed by atoms with van der Waals surface area (Å²) in [7, 11) is 0. The van der Waals surface area contributed by atoms with Gasteiger partial charge in [-0.05, 0) is 18.2 Å². The summed E-state index contributed by atoms with van der Waals surface area (Å²) in [6, 6.07) is 8.51. The maximum atomic E-state index is 11.1.